The van der Waals surface area contributed by atoms with Crippen LogP contribution in [-0.4, -0.2) is 24.3 Å². The number of halogens is 4. The van der Waals surface area contributed by atoms with Crippen molar-refractivity contribution in [3.8, 4) is 0 Å². The van der Waals surface area contributed by atoms with Crippen LogP contribution in [0.5, 0.6) is 0 Å². The monoisotopic (exact) mass is 188 g/mol. The standard InChI is InChI=1S/C5H4F4O3/c1-4(2(6)7)5(8,9)12-3(10)11-4/h2H,1H3. The highest BCUT2D eigenvalue weighted by molar-refractivity contribution is 5.63. The van der Waals surface area contributed by atoms with Crippen LogP contribution in [0.2, 0.25) is 0 Å². The molecule has 0 radical (unpaired) electrons. The van der Waals surface area contributed by atoms with Crippen LogP contribution in [0.3, 0.4) is 0 Å². The summed E-state index contributed by atoms with van der Waals surface area (Å²) >= 11 is 0. The maximum atomic E-state index is 12.4. The number of alkyl halides is 4. The molecule has 12 heavy (non-hydrogen) atoms. The molecule has 0 saturated carbocycles. The Morgan fingerprint density at radius 1 is 1.33 bits per heavy atom. The Balaban J connectivity index is 2.97. The molecule has 1 aliphatic rings. The van der Waals surface area contributed by atoms with Crippen molar-refractivity contribution < 1.29 is 31.8 Å². The Bertz CT molecular complexity index is 217. The number of carbonyl (C=O) groups is 1. The van der Waals surface area contributed by atoms with Crippen molar-refractivity contribution in [2.24, 2.45) is 0 Å². The summed E-state index contributed by atoms with van der Waals surface area (Å²) in [6, 6.07) is 0. The lowest BCUT2D eigenvalue weighted by Crippen LogP contribution is -2.48. The SMILES string of the molecule is CC1(C(F)F)OC(=O)OC1(F)F. The molecule has 70 valence electrons. The Hall–Kier alpha value is -1.01. The fourth-order valence-corrected chi connectivity index (χ4v) is 0.631. The molecule has 1 fully saturated rings. The van der Waals surface area contributed by atoms with Gasteiger partial charge in [-0.25, -0.2) is 13.6 Å². The molecule has 1 unspecified atom stereocenters. The topological polar surface area (TPSA) is 35.5 Å². The van der Waals surface area contributed by atoms with Crippen LogP contribution in [0.1, 0.15) is 6.92 Å². The quantitative estimate of drug-likeness (QED) is 0.464. The predicted octanol–water partition coefficient (Wildman–Crippen LogP) is 1.77. The van der Waals surface area contributed by atoms with Gasteiger partial charge in [0.05, 0.1) is 0 Å². The maximum Gasteiger partial charge on any atom is 0.514 e. The fraction of sp³-hybridized carbons (Fsp3) is 0.800. The summed E-state index contributed by atoms with van der Waals surface area (Å²) in [6.45, 7) is 0.405. The first-order valence-corrected chi connectivity index (χ1v) is 2.87. The van der Waals surface area contributed by atoms with Crippen LogP contribution < -0.4 is 0 Å². The molecular weight excluding hydrogens is 184 g/mol. The highest BCUT2D eigenvalue weighted by Crippen LogP contribution is 2.43. The molecule has 1 heterocycles. The third-order valence-electron chi connectivity index (χ3n) is 1.50. The zero-order chi connectivity index (χ0) is 9.57. The van der Waals surface area contributed by atoms with E-state index < -0.39 is 24.3 Å². The van der Waals surface area contributed by atoms with E-state index >= 15 is 0 Å². The second-order valence-corrected chi connectivity index (χ2v) is 2.38. The van der Waals surface area contributed by atoms with Crippen molar-refractivity contribution in [2.75, 3.05) is 0 Å². The minimum Gasteiger partial charge on any atom is -0.411 e. The normalized spacial score (nSPS) is 33.3. The lowest BCUT2D eigenvalue weighted by atomic mass is 10.1. The molecule has 0 bridgehead atoms. The van der Waals surface area contributed by atoms with E-state index in [1.807, 2.05) is 0 Å². The van der Waals surface area contributed by atoms with E-state index in [1.165, 1.54) is 0 Å². The zero-order valence-corrected chi connectivity index (χ0v) is 5.81. The lowest BCUT2D eigenvalue weighted by molar-refractivity contribution is -0.267. The van der Waals surface area contributed by atoms with Gasteiger partial charge in [-0.3, -0.25) is 0 Å². The average molecular weight is 188 g/mol. The van der Waals surface area contributed by atoms with Crippen LogP contribution in [0.4, 0.5) is 22.4 Å². The minimum absolute atomic E-state index is 0.405. The third kappa shape index (κ3) is 0.997. The van der Waals surface area contributed by atoms with E-state index in [4.69, 9.17) is 0 Å². The second kappa shape index (κ2) is 2.24. The zero-order valence-electron chi connectivity index (χ0n) is 5.81. The molecule has 0 N–H and O–H groups in total. The maximum absolute atomic E-state index is 12.4. The van der Waals surface area contributed by atoms with Crippen molar-refractivity contribution >= 4 is 6.16 Å². The highest BCUT2D eigenvalue weighted by Gasteiger charge is 2.69. The summed E-state index contributed by atoms with van der Waals surface area (Å²) in [6.07, 6.45) is -9.57. The Morgan fingerprint density at radius 2 is 1.83 bits per heavy atom. The summed E-state index contributed by atoms with van der Waals surface area (Å²) in [5, 5.41) is 0. The van der Waals surface area contributed by atoms with Gasteiger partial charge >= 0.3 is 12.3 Å². The minimum atomic E-state index is -4.28. The van der Waals surface area contributed by atoms with Crippen LogP contribution in [0.15, 0.2) is 0 Å². The predicted molar refractivity (Wildman–Crippen MR) is 26.9 cm³/mol. The number of cyclic esters (lactones) is 2. The van der Waals surface area contributed by atoms with Gasteiger partial charge in [-0.2, -0.15) is 8.78 Å². The first-order valence-electron chi connectivity index (χ1n) is 2.87. The summed E-state index contributed by atoms with van der Waals surface area (Å²) < 4.78 is 55.7. The molecule has 0 aromatic carbocycles. The van der Waals surface area contributed by atoms with E-state index in [9.17, 15) is 22.4 Å². The molecule has 1 saturated heterocycles. The van der Waals surface area contributed by atoms with Crippen LogP contribution in [0, 0.1) is 0 Å². The highest BCUT2D eigenvalue weighted by atomic mass is 19.3. The van der Waals surface area contributed by atoms with E-state index in [0.29, 0.717) is 6.92 Å². The van der Waals surface area contributed by atoms with Gasteiger partial charge in [0.2, 0.25) is 0 Å². The molecule has 7 heteroatoms. The Morgan fingerprint density at radius 3 is 2.00 bits per heavy atom. The Kier molecular flexibility index (Phi) is 1.69. The van der Waals surface area contributed by atoms with Crippen LogP contribution in [-0.2, 0) is 9.47 Å². The van der Waals surface area contributed by atoms with Gasteiger partial charge < -0.3 is 9.47 Å². The number of carbonyl (C=O) groups excluding carboxylic acids is 1. The lowest BCUT2D eigenvalue weighted by Gasteiger charge is -2.23. The first kappa shape index (κ1) is 9.08. The molecule has 3 nitrogen and oxygen atoms in total. The number of rotatable bonds is 1. The summed E-state index contributed by atoms with van der Waals surface area (Å²) in [4.78, 5) is 10.1. The molecule has 1 aliphatic heterocycles. The van der Waals surface area contributed by atoms with E-state index in [-0.39, 0.29) is 0 Å². The second-order valence-electron chi connectivity index (χ2n) is 2.38. The fourth-order valence-electron chi connectivity index (χ4n) is 0.631. The molecule has 1 atom stereocenters. The molecule has 0 spiro atoms. The van der Waals surface area contributed by atoms with Crippen LogP contribution >= 0.6 is 0 Å². The van der Waals surface area contributed by atoms with Gasteiger partial charge in [0.25, 0.3) is 12.0 Å². The van der Waals surface area contributed by atoms with E-state index in [2.05, 4.69) is 9.47 Å². The van der Waals surface area contributed by atoms with Gasteiger partial charge in [-0.05, 0) is 6.92 Å². The largest absolute Gasteiger partial charge is 0.514 e. The van der Waals surface area contributed by atoms with Crippen molar-refractivity contribution in [1.82, 2.24) is 0 Å². The van der Waals surface area contributed by atoms with Gasteiger partial charge in [0.15, 0.2) is 0 Å². The number of hydrogen-bond donors (Lipinski definition) is 0. The average Bonchev–Trinajstić information content (AvgIpc) is 2.02. The van der Waals surface area contributed by atoms with Gasteiger partial charge in [0, 0.05) is 0 Å². The van der Waals surface area contributed by atoms with Crippen molar-refractivity contribution in [2.45, 2.75) is 25.1 Å². The molecule has 0 amide bonds. The van der Waals surface area contributed by atoms with Crippen molar-refractivity contribution in [1.29, 1.82) is 0 Å². The van der Waals surface area contributed by atoms with Crippen molar-refractivity contribution in [3.63, 3.8) is 0 Å². The van der Waals surface area contributed by atoms with E-state index in [1.54, 1.807) is 0 Å². The van der Waals surface area contributed by atoms with Crippen LogP contribution in [0.25, 0.3) is 0 Å². The van der Waals surface area contributed by atoms with Gasteiger partial charge in [0.1, 0.15) is 0 Å². The van der Waals surface area contributed by atoms with E-state index in [0.717, 1.165) is 0 Å². The summed E-state index contributed by atoms with van der Waals surface area (Å²) in [5.41, 5.74) is -3.18. The number of ether oxygens (including phenoxy) is 2. The smallest absolute Gasteiger partial charge is 0.411 e. The third-order valence-corrected chi connectivity index (χ3v) is 1.50. The molecular formula is C5H4F4O3. The van der Waals surface area contributed by atoms with Gasteiger partial charge in [-0.1, -0.05) is 0 Å². The number of hydrogen-bond acceptors (Lipinski definition) is 3. The van der Waals surface area contributed by atoms with Crippen molar-refractivity contribution in [3.05, 3.63) is 0 Å². The Labute approximate surface area is 64.2 Å². The summed E-state index contributed by atoms with van der Waals surface area (Å²) in [5.74, 6) is 0. The summed E-state index contributed by atoms with van der Waals surface area (Å²) in [7, 11) is 0. The first-order chi connectivity index (χ1) is 5.29. The molecule has 0 aromatic heterocycles. The molecule has 0 aliphatic carbocycles. The molecule has 0 aromatic rings. The molecule has 1 rings (SSSR count). The van der Waals surface area contributed by atoms with Gasteiger partial charge in [-0.15, -0.1) is 0 Å².